The maximum absolute atomic E-state index is 11.3. The van der Waals surface area contributed by atoms with Crippen LogP contribution < -0.4 is 0 Å². The standard InChI is InChI=1S/C11H14O3S/c1-2-3-4-14-11(13)6-10-5-9(7-12)8-15-10/h5,7-8H,2-4,6H2,1H3. The lowest BCUT2D eigenvalue weighted by molar-refractivity contribution is -0.142. The molecule has 0 bridgehead atoms. The van der Waals surface area contributed by atoms with Crippen LogP contribution in [0, 0.1) is 0 Å². The van der Waals surface area contributed by atoms with E-state index in [0.717, 1.165) is 24.0 Å². The molecule has 0 saturated carbocycles. The van der Waals surface area contributed by atoms with Gasteiger partial charge in [-0.25, -0.2) is 0 Å². The van der Waals surface area contributed by atoms with Crippen LogP contribution in [0.25, 0.3) is 0 Å². The van der Waals surface area contributed by atoms with Gasteiger partial charge >= 0.3 is 5.97 Å². The molecule has 1 aromatic heterocycles. The maximum Gasteiger partial charge on any atom is 0.311 e. The van der Waals surface area contributed by atoms with Crippen LogP contribution >= 0.6 is 11.3 Å². The van der Waals surface area contributed by atoms with Crippen molar-refractivity contribution in [1.29, 1.82) is 0 Å². The Morgan fingerprint density at radius 1 is 1.60 bits per heavy atom. The largest absolute Gasteiger partial charge is 0.465 e. The zero-order valence-electron chi connectivity index (χ0n) is 8.69. The molecule has 0 aromatic carbocycles. The molecular formula is C11H14O3S. The Bertz CT molecular complexity index is 330. The Morgan fingerprint density at radius 2 is 2.40 bits per heavy atom. The average Bonchev–Trinajstić information content (AvgIpc) is 2.66. The highest BCUT2D eigenvalue weighted by Crippen LogP contribution is 2.14. The van der Waals surface area contributed by atoms with Gasteiger partial charge < -0.3 is 4.74 Å². The third-order valence-electron chi connectivity index (χ3n) is 1.89. The van der Waals surface area contributed by atoms with E-state index in [1.807, 2.05) is 6.92 Å². The maximum atomic E-state index is 11.3. The monoisotopic (exact) mass is 226 g/mol. The van der Waals surface area contributed by atoms with Crippen LogP contribution in [0.15, 0.2) is 11.4 Å². The quantitative estimate of drug-likeness (QED) is 0.425. The van der Waals surface area contributed by atoms with Crippen LogP contribution in [-0.2, 0) is 16.0 Å². The van der Waals surface area contributed by atoms with Crippen molar-refractivity contribution in [3.8, 4) is 0 Å². The van der Waals surface area contributed by atoms with Gasteiger partial charge in [0.05, 0.1) is 13.0 Å². The van der Waals surface area contributed by atoms with Gasteiger partial charge in [0, 0.05) is 15.8 Å². The molecule has 4 heteroatoms. The number of carbonyl (C=O) groups is 2. The second-order valence-electron chi connectivity index (χ2n) is 3.22. The summed E-state index contributed by atoms with van der Waals surface area (Å²) in [6.07, 6.45) is 2.96. The first kappa shape index (κ1) is 11.9. The summed E-state index contributed by atoms with van der Waals surface area (Å²) in [5.41, 5.74) is 0.622. The number of aldehydes is 1. The van der Waals surface area contributed by atoms with Crippen molar-refractivity contribution in [2.75, 3.05) is 6.61 Å². The molecule has 1 heterocycles. The van der Waals surface area contributed by atoms with Crippen LogP contribution in [0.1, 0.15) is 35.0 Å². The fourth-order valence-corrected chi connectivity index (χ4v) is 1.89. The molecule has 0 fully saturated rings. The molecule has 0 saturated heterocycles. The number of thiophene rings is 1. The van der Waals surface area contributed by atoms with Crippen LogP contribution in [0.5, 0.6) is 0 Å². The summed E-state index contributed by atoms with van der Waals surface area (Å²) < 4.78 is 5.01. The molecule has 0 aliphatic carbocycles. The predicted octanol–water partition coefficient (Wildman–Crippen LogP) is 2.45. The van der Waals surface area contributed by atoms with Gasteiger partial charge in [0.15, 0.2) is 6.29 Å². The van der Waals surface area contributed by atoms with Gasteiger partial charge in [-0.05, 0) is 12.5 Å². The number of esters is 1. The van der Waals surface area contributed by atoms with Crippen molar-refractivity contribution in [3.63, 3.8) is 0 Å². The first-order valence-electron chi connectivity index (χ1n) is 4.94. The fourth-order valence-electron chi connectivity index (χ4n) is 1.08. The second-order valence-corrected chi connectivity index (χ2v) is 4.21. The summed E-state index contributed by atoms with van der Waals surface area (Å²) in [7, 11) is 0. The van der Waals surface area contributed by atoms with Gasteiger partial charge in [0.2, 0.25) is 0 Å². The van der Waals surface area contributed by atoms with E-state index in [1.165, 1.54) is 11.3 Å². The van der Waals surface area contributed by atoms with Crippen LogP contribution in [0.3, 0.4) is 0 Å². The summed E-state index contributed by atoms with van der Waals surface area (Å²) in [4.78, 5) is 22.6. The third-order valence-corrected chi connectivity index (χ3v) is 2.84. The lowest BCUT2D eigenvalue weighted by Crippen LogP contribution is -2.07. The van der Waals surface area contributed by atoms with Crippen molar-refractivity contribution in [1.82, 2.24) is 0 Å². The summed E-state index contributed by atoms with van der Waals surface area (Å²) in [6.45, 7) is 2.53. The van der Waals surface area contributed by atoms with Crippen molar-refractivity contribution in [2.45, 2.75) is 26.2 Å². The van der Waals surface area contributed by atoms with Crippen molar-refractivity contribution in [3.05, 3.63) is 21.9 Å². The lowest BCUT2D eigenvalue weighted by Gasteiger charge is -2.01. The Kier molecular flexibility index (Phi) is 5.04. The molecule has 0 amide bonds. The second kappa shape index (κ2) is 6.35. The lowest BCUT2D eigenvalue weighted by atomic mass is 10.3. The molecular weight excluding hydrogens is 212 g/mol. The van der Waals surface area contributed by atoms with Crippen molar-refractivity contribution >= 4 is 23.6 Å². The average molecular weight is 226 g/mol. The van der Waals surface area contributed by atoms with Gasteiger partial charge in [-0.3, -0.25) is 9.59 Å². The number of hydrogen-bond acceptors (Lipinski definition) is 4. The summed E-state index contributed by atoms with van der Waals surface area (Å²) in [6, 6.07) is 1.72. The van der Waals surface area contributed by atoms with Crippen LogP contribution in [-0.4, -0.2) is 18.9 Å². The number of ether oxygens (including phenoxy) is 1. The van der Waals surface area contributed by atoms with Gasteiger partial charge in [-0.15, -0.1) is 11.3 Å². The number of unbranched alkanes of at least 4 members (excludes halogenated alkanes) is 1. The van der Waals surface area contributed by atoms with E-state index in [9.17, 15) is 9.59 Å². The molecule has 0 radical (unpaired) electrons. The van der Waals surface area contributed by atoms with E-state index >= 15 is 0 Å². The Balaban J connectivity index is 2.34. The zero-order valence-corrected chi connectivity index (χ0v) is 9.51. The number of rotatable bonds is 6. The molecule has 0 atom stereocenters. The zero-order chi connectivity index (χ0) is 11.1. The molecule has 0 aliphatic heterocycles. The third kappa shape index (κ3) is 4.25. The number of carbonyl (C=O) groups excluding carboxylic acids is 2. The minimum atomic E-state index is -0.220. The molecule has 15 heavy (non-hydrogen) atoms. The highest BCUT2D eigenvalue weighted by atomic mass is 32.1. The first-order valence-corrected chi connectivity index (χ1v) is 5.82. The molecule has 0 spiro atoms. The molecule has 0 unspecified atom stereocenters. The number of hydrogen-bond donors (Lipinski definition) is 0. The predicted molar refractivity (Wildman–Crippen MR) is 59.3 cm³/mol. The fraction of sp³-hybridized carbons (Fsp3) is 0.455. The van der Waals surface area contributed by atoms with E-state index in [0.29, 0.717) is 12.2 Å². The summed E-state index contributed by atoms with van der Waals surface area (Å²) in [5.74, 6) is -0.220. The smallest absolute Gasteiger partial charge is 0.311 e. The van der Waals surface area contributed by atoms with Crippen LogP contribution in [0.4, 0.5) is 0 Å². The molecule has 3 nitrogen and oxygen atoms in total. The van der Waals surface area contributed by atoms with Gasteiger partial charge in [-0.1, -0.05) is 13.3 Å². The molecule has 1 rings (SSSR count). The van der Waals surface area contributed by atoms with Crippen molar-refractivity contribution < 1.29 is 14.3 Å². The van der Waals surface area contributed by atoms with Gasteiger partial charge in [-0.2, -0.15) is 0 Å². The van der Waals surface area contributed by atoms with Crippen molar-refractivity contribution in [2.24, 2.45) is 0 Å². The van der Waals surface area contributed by atoms with Gasteiger partial charge in [0.25, 0.3) is 0 Å². The normalized spacial score (nSPS) is 9.93. The van der Waals surface area contributed by atoms with Gasteiger partial charge in [0.1, 0.15) is 0 Å². The Labute approximate surface area is 93.1 Å². The van der Waals surface area contributed by atoms with E-state index in [1.54, 1.807) is 11.4 Å². The highest BCUT2D eigenvalue weighted by Gasteiger charge is 2.06. The van der Waals surface area contributed by atoms with E-state index in [4.69, 9.17) is 4.74 Å². The minimum absolute atomic E-state index is 0.220. The first-order chi connectivity index (χ1) is 7.26. The SMILES string of the molecule is CCCCOC(=O)Cc1cc(C=O)cs1. The summed E-state index contributed by atoms with van der Waals surface area (Å²) in [5, 5.41) is 1.74. The molecule has 1 aromatic rings. The van der Waals surface area contributed by atoms with E-state index in [2.05, 4.69) is 0 Å². The van der Waals surface area contributed by atoms with E-state index in [-0.39, 0.29) is 12.4 Å². The van der Waals surface area contributed by atoms with E-state index < -0.39 is 0 Å². The highest BCUT2D eigenvalue weighted by molar-refractivity contribution is 7.10. The molecule has 0 aliphatic rings. The van der Waals surface area contributed by atoms with Crippen LogP contribution in [0.2, 0.25) is 0 Å². The molecule has 0 N–H and O–H groups in total. The molecule has 82 valence electrons. The summed E-state index contributed by atoms with van der Waals surface area (Å²) >= 11 is 1.41. The Hall–Kier alpha value is -1.16. The Morgan fingerprint density at radius 3 is 3.00 bits per heavy atom. The minimum Gasteiger partial charge on any atom is -0.465 e. The topological polar surface area (TPSA) is 43.4 Å².